The number of ether oxygens (including phenoxy) is 1. The molecular formula is C21H23NO4. The minimum absolute atomic E-state index is 0.158. The summed E-state index contributed by atoms with van der Waals surface area (Å²) in [6.07, 6.45) is 1.55. The van der Waals surface area contributed by atoms with Crippen LogP contribution >= 0.6 is 0 Å². The number of Topliss-reactive ketones (excluding diaryl/α,β-unsaturated/α-hetero) is 1. The molecule has 3 rings (SSSR count). The molecule has 2 aromatic rings. The first-order valence-electron chi connectivity index (χ1n) is 8.83. The monoisotopic (exact) mass is 353 g/mol. The van der Waals surface area contributed by atoms with E-state index in [9.17, 15) is 14.7 Å². The molecule has 1 fully saturated rings. The zero-order valence-corrected chi connectivity index (χ0v) is 14.6. The molecule has 0 aliphatic heterocycles. The van der Waals surface area contributed by atoms with Gasteiger partial charge in [0.2, 0.25) is 0 Å². The maximum absolute atomic E-state index is 12.3. The Balaban J connectivity index is 1.49. The van der Waals surface area contributed by atoms with Crippen molar-refractivity contribution in [3.63, 3.8) is 0 Å². The molecule has 26 heavy (non-hydrogen) atoms. The summed E-state index contributed by atoms with van der Waals surface area (Å²) >= 11 is 0. The molecule has 1 aliphatic carbocycles. The first-order valence-corrected chi connectivity index (χ1v) is 8.83. The van der Waals surface area contributed by atoms with Crippen LogP contribution in [0.5, 0.6) is 5.75 Å². The Morgan fingerprint density at radius 3 is 2.35 bits per heavy atom. The lowest BCUT2D eigenvalue weighted by molar-refractivity contribution is -0.125. The maximum Gasteiger partial charge on any atom is 0.251 e. The lowest BCUT2D eigenvalue weighted by Gasteiger charge is -2.31. The van der Waals surface area contributed by atoms with Crippen LogP contribution < -0.4 is 10.1 Å². The summed E-state index contributed by atoms with van der Waals surface area (Å²) in [4.78, 5) is 23.5. The normalized spacial score (nSPS) is 16.1. The molecule has 0 aromatic heterocycles. The third kappa shape index (κ3) is 4.92. The smallest absolute Gasteiger partial charge is 0.251 e. The average molecular weight is 353 g/mol. The van der Waals surface area contributed by atoms with Crippen LogP contribution in [0.3, 0.4) is 0 Å². The second-order valence-corrected chi connectivity index (χ2v) is 6.74. The van der Waals surface area contributed by atoms with Gasteiger partial charge in [-0.1, -0.05) is 30.3 Å². The van der Waals surface area contributed by atoms with E-state index in [0.29, 0.717) is 43.6 Å². The minimum Gasteiger partial charge on any atom is -0.489 e. The van der Waals surface area contributed by atoms with Crippen LogP contribution in [0.2, 0.25) is 0 Å². The molecule has 0 spiro atoms. The Bertz CT molecular complexity index is 745. The van der Waals surface area contributed by atoms with Crippen LogP contribution in [-0.2, 0) is 11.4 Å². The van der Waals surface area contributed by atoms with Gasteiger partial charge < -0.3 is 15.2 Å². The van der Waals surface area contributed by atoms with E-state index in [2.05, 4.69) is 5.32 Å². The predicted octanol–water partition coefficient (Wildman–Crippen LogP) is 2.87. The van der Waals surface area contributed by atoms with Crippen LogP contribution in [0.4, 0.5) is 0 Å². The maximum atomic E-state index is 12.3. The van der Waals surface area contributed by atoms with E-state index in [1.54, 1.807) is 24.3 Å². The molecule has 1 aliphatic rings. The highest BCUT2D eigenvalue weighted by Crippen LogP contribution is 2.25. The molecule has 0 unspecified atom stereocenters. The van der Waals surface area contributed by atoms with Crippen LogP contribution in [0.25, 0.3) is 0 Å². The van der Waals surface area contributed by atoms with Crippen LogP contribution in [0, 0.1) is 0 Å². The summed E-state index contributed by atoms with van der Waals surface area (Å²) in [5, 5.41) is 13.2. The number of hydrogen-bond donors (Lipinski definition) is 2. The second kappa shape index (κ2) is 8.15. The Labute approximate surface area is 153 Å². The van der Waals surface area contributed by atoms with Gasteiger partial charge >= 0.3 is 0 Å². The van der Waals surface area contributed by atoms with Gasteiger partial charge in [0.05, 0.1) is 5.60 Å². The number of amides is 1. The van der Waals surface area contributed by atoms with Crippen LogP contribution in [0.15, 0.2) is 54.6 Å². The summed E-state index contributed by atoms with van der Waals surface area (Å²) < 4.78 is 5.70. The number of rotatable bonds is 6. The molecule has 136 valence electrons. The molecule has 0 bridgehead atoms. The number of aliphatic hydroxyl groups is 1. The Morgan fingerprint density at radius 2 is 1.69 bits per heavy atom. The van der Waals surface area contributed by atoms with Crippen molar-refractivity contribution in [3.8, 4) is 5.75 Å². The third-order valence-electron chi connectivity index (χ3n) is 4.68. The summed E-state index contributed by atoms with van der Waals surface area (Å²) in [7, 11) is 0. The van der Waals surface area contributed by atoms with Crippen molar-refractivity contribution in [2.75, 3.05) is 6.54 Å². The standard InChI is InChI=1S/C21H23NO4/c23-18-10-12-21(25,13-11-18)15-22-20(24)17-6-8-19(9-7-17)26-14-16-4-2-1-3-5-16/h1-9,25H,10-15H2,(H,22,24). The predicted molar refractivity (Wildman–Crippen MR) is 98.0 cm³/mol. The number of carbonyl (C=O) groups excluding carboxylic acids is 2. The van der Waals surface area contributed by atoms with E-state index in [0.717, 1.165) is 5.56 Å². The molecule has 1 saturated carbocycles. The van der Waals surface area contributed by atoms with E-state index >= 15 is 0 Å². The van der Waals surface area contributed by atoms with Crippen LogP contribution in [0.1, 0.15) is 41.6 Å². The van der Waals surface area contributed by atoms with E-state index in [-0.39, 0.29) is 18.2 Å². The highest BCUT2D eigenvalue weighted by atomic mass is 16.5. The molecular weight excluding hydrogens is 330 g/mol. The quantitative estimate of drug-likeness (QED) is 0.837. The summed E-state index contributed by atoms with van der Waals surface area (Å²) in [5.41, 5.74) is 0.601. The van der Waals surface area contributed by atoms with Crippen LogP contribution in [-0.4, -0.2) is 28.9 Å². The van der Waals surface area contributed by atoms with E-state index in [4.69, 9.17) is 4.74 Å². The lowest BCUT2D eigenvalue weighted by Crippen LogP contribution is -2.45. The Kier molecular flexibility index (Phi) is 5.68. The molecule has 5 nitrogen and oxygen atoms in total. The van der Waals surface area contributed by atoms with Gasteiger partial charge in [0.25, 0.3) is 5.91 Å². The molecule has 0 saturated heterocycles. The number of carbonyl (C=O) groups is 2. The highest BCUT2D eigenvalue weighted by Gasteiger charge is 2.32. The van der Waals surface area contributed by atoms with Crippen molar-refractivity contribution in [3.05, 3.63) is 65.7 Å². The van der Waals surface area contributed by atoms with E-state index < -0.39 is 5.60 Å². The number of hydrogen-bond acceptors (Lipinski definition) is 4. The van der Waals surface area contributed by atoms with Gasteiger partial charge in [0.15, 0.2) is 0 Å². The zero-order valence-electron chi connectivity index (χ0n) is 14.6. The molecule has 2 aromatic carbocycles. The van der Waals surface area contributed by atoms with E-state index in [1.165, 1.54) is 0 Å². The van der Waals surface area contributed by atoms with Gasteiger partial charge in [0.1, 0.15) is 18.1 Å². The summed E-state index contributed by atoms with van der Waals surface area (Å²) in [6, 6.07) is 16.8. The molecule has 5 heteroatoms. The Hall–Kier alpha value is -2.66. The summed E-state index contributed by atoms with van der Waals surface area (Å²) in [5.74, 6) is 0.617. The Morgan fingerprint density at radius 1 is 1.04 bits per heavy atom. The van der Waals surface area contributed by atoms with Gasteiger partial charge in [-0.05, 0) is 42.7 Å². The number of nitrogens with one attached hydrogen (secondary N) is 1. The van der Waals surface area contributed by atoms with Gasteiger partial charge in [-0.2, -0.15) is 0 Å². The molecule has 2 N–H and O–H groups in total. The SMILES string of the molecule is O=C1CCC(O)(CNC(=O)c2ccc(OCc3ccccc3)cc2)CC1. The summed E-state index contributed by atoms with van der Waals surface area (Å²) in [6.45, 7) is 0.628. The largest absolute Gasteiger partial charge is 0.489 e. The van der Waals surface area contributed by atoms with Crippen molar-refractivity contribution >= 4 is 11.7 Å². The highest BCUT2D eigenvalue weighted by molar-refractivity contribution is 5.94. The van der Waals surface area contributed by atoms with Gasteiger partial charge in [-0.15, -0.1) is 0 Å². The number of benzene rings is 2. The van der Waals surface area contributed by atoms with Crippen molar-refractivity contribution in [1.29, 1.82) is 0 Å². The van der Waals surface area contributed by atoms with Crippen molar-refractivity contribution in [2.24, 2.45) is 0 Å². The zero-order chi connectivity index (χ0) is 18.4. The number of ketones is 1. The van der Waals surface area contributed by atoms with Crippen molar-refractivity contribution in [2.45, 2.75) is 37.9 Å². The lowest BCUT2D eigenvalue weighted by atomic mass is 9.84. The fraction of sp³-hybridized carbons (Fsp3) is 0.333. The molecule has 1 amide bonds. The first kappa shape index (κ1) is 18.1. The second-order valence-electron chi connectivity index (χ2n) is 6.74. The van der Waals surface area contributed by atoms with Crippen molar-refractivity contribution < 1.29 is 19.4 Å². The van der Waals surface area contributed by atoms with Gasteiger partial charge in [-0.3, -0.25) is 9.59 Å². The van der Waals surface area contributed by atoms with Crippen molar-refractivity contribution in [1.82, 2.24) is 5.32 Å². The molecule has 0 atom stereocenters. The average Bonchev–Trinajstić information content (AvgIpc) is 2.68. The minimum atomic E-state index is -0.984. The van der Waals surface area contributed by atoms with Gasteiger partial charge in [0, 0.05) is 24.9 Å². The van der Waals surface area contributed by atoms with E-state index in [1.807, 2.05) is 30.3 Å². The third-order valence-corrected chi connectivity index (χ3v) is 4.68. The topological polar surface area (TPSA) is 75.6 Å². The fourth-order valence-corrected chi connectivity index (χ4v) is 2.96. The molecule has 0 heterocycles. The first-order chi connectivity index (χ1) is 12.5. The van der Waals surface area contributed by atoms with Gasteiger partial charge in [-0.25, -0.2) is 0 Å². The fourth-order valence-electron chi connectivity index (χ4n) is 2.96. The molecule has 0 radical (unpaired) electrons.